The van der Waals surface area contributed by atoms with Gasteiger partial charge in [0.2, 0.25) is 0 Å². The van der Waals surface area contributed by atoms with Gasteiger partial charge in [0.05, 0.1) is 0 Å². The fraction of sp³-hybridized carbons (Fsp3) is 0. The Bertz CT molecular complexity index is 836. The molecule has 0 aliphatic heterocycles. The van der Waals surface area contributed by atoms with Crippen LogP contribution in [-0.4, -0.2) is 5.78 Å². The lowest BCUT2D eigenvalue weighted by Gasteiger charge is -1.99. The highest BCUT2D eigenvalue weighted by Crippen LogP contribution is 2.17. The predicted molar refractivity (Wildman–Crippen MR) is 108 cm³/mol. The number of ketones is 1. The Balaban J connectivity index is 0.000000152. The van der Waals surface area contributed by atoms with Crippen LogP contribution in [0.5, 0.6) is 0 Å². The largest absolute Gasteiger partial charge is 0.289 e. The van der Waals surface area contributed by atoms with Crippen molar-refractivity contribution in [1.82, 2.24) is 0 Å². The van der Waals surface area contributed by atoms with Crippen molar-refractivity contribution in [2.75, 3.05) is 0 Å². The van der Waals surface area contributed by atoms with Crippen LogP contribution in [-0.2, 0) is 0 Å². The smallest absolute Gasteiger partial charge is 0.193 e. The Labute approximate surface area is 154 Å². The fourth-order valence-electron chi connectivity index (χ4n) is 2.61. The van der Waals surface area contributed by atoms with Crippen LogP contribution in [0.15, 0.2) is 121 Å². The average molecular weight is 336 g/mol. The molecule has 0 fully saturated rings. The molecule has 0 saturated carbocycles. The molecule has 0 amide bonds. The second kappa shape index (κ2) is 9.14. The topological polar surface area (TPSA) is 17.1 Å². The van der Waals surface area contributed by atoms with Crippen LogP contribution in [0.1, 0.15) is 15.9 Å². The van der Waals surface area contributed by atoms with Crippen LogP contribution in [0.2, 0.25) is 0 Å². The molecule has 0 saturated heterocycles. The average Bonchev–Trinajstić information content (AvgIpc) is 2.76. The summed E-state index contributed by atoms with van der Waals surface area (Å²) in [6, 6.07) is 39.4. The Kier molecular flexibility index (Phi) is 6.11. The van der Waals surface area contributed by atoms with E-state index in [4.69, 9.17) is 0 Å². The predicted octanol–water partition coefficient (Wildman–Crippen LogP) is 6.27. The number of rotatable bonds is 3. The maximum atomic E-state index is 11.8. The lowest BCUT2D eigenvalue weighted by molar-refractivity contribution is 0.103. The molecular formula is C25H20O. The van der Waals surface area contributed by atoms with E-state index in [9.17, 15) is 4.79 Å². The lowest BCUT2D eigenvalue weighted by atomic mass is 10.0. The summed E-state index contributed by atoms with van der Waals surface area (Å²) in [5.41, 5.74) is 4.02. The molecule has 0 spiro atoms. The highest BCUT2D eigenvalue weighted by Gasteiger charge is 2.06. The summed E-state index contributed by atoms with van der Waals surface area (Å²) in [5.74, 6) is 0.0752. The Morgan fingerprint density at radius 2 is 0.654 bits per heavy atom. The van der Waals surface area contributed by atoms with Crippen molar-refractivity contribution in [2.45, 2.75) is 0 Å². The van der Waals surface area contributed by atoms with Crippen molar-refractivity contribution in [3.05, 3.63) is 132 Å². The first kappa shape index (κ1) is 17.4. The maximum absolute atomic E-state index is 11.8. The zero-order chi connectivity index (χ0) is 18.0. The number of carbonyl (C=O) groups excluding carboxylic acids is 1. The maximum Gasteiger partial charge on any atom is 0.193 e. The van der Waals surface area contributed by atoms with Crippen molar-refractivity contribution in [1.29, 1.82) is 0 Å². The monoisotopic (exact) mass is 336 g/mol. The number of hydrogen-bond acceptors (Lipinski definition) is 1. The second-order valence-electron chi connectivity index (χ2n) is 5.79. The van der Waals surface area contributed by atoms with E-state index >= 15 is 0 Å². The minimum atomic E-state index is 0.0752. The summed E-state index contributed by atoms with van der Waals surface area (Å²) in [7, 11) is 0. The van der Waals surface area contributed by atoms with Crippen LogP contribution < -0.4 is 0 Å². The van der Waals surface area contributed by atoms with E-state index in [1.54, 1.807) is 0 Å². The van der Waals surface area contributed by atoms with Crippen molar-refractivity contribution in [2.24, 2.45) is 0 Å². The van der Waals surface area contributed by atoms with Gasteiger partial charge in [0.1, 0.15) is 0 Å². The summed E-state index contributed by atoms with van der Waals surface area (Å²) >= 11 is 0. The van der Waals surface area contributed by atoms with E-state index in [2.05, 4.69) is 48.5 Å². The molecule has 0 aliphatic rings. The highest BCUT2D eigenvalue weighted by molar-refractivity contribution is 6.08. The van der Waals surface area contributed by atoms with E-state index in [0.717, 1.165) is 11.1 Å². The molecule has 4 aromatic carbocycles. The standard InChI is InChI=1S/C13H10O.C12H10/c14-13(11-7-3-1-4-8-11)12-9-5-2-6-10-12;1-3-7-11(8-4-1)12-9-5-2-6-10-12/h1-10H;1-10H. The van der Waals surface area contributed by atoms with E-state index in [1.165, 1.54) is 11.1 Å². The molecular weight excluding hydrogens is 316 g/mol. The van der Waals surface area contributed by atoms with Gasteiger partial charge < -0.3 is 0 Å². The van der Waals surface area contributed by atoms with Crippen LogP contribution >= 0.6 is 0 Å². The SMILES string of the molecule is O=C(c1ccccc1)c1ccccc1.c1ccc(-c2ccccc2)cc1. The second-order valence-corrected chi connectivity index (χ2v) is 5.79. The van der Waals surface area contributed by atoms with Crippen LogP contribution in [0.3, 0.4) is 0 Å². The molecule has 1 nitrogen and oxygen atoms in total. The first-order chi connectivity index (χ1) is 12.8. The molecule has 0 N–H and O–H groups in total. The summed E-state index contributed by atoms with van der Waals surface area (Å²) < 4.78 is 0. The lowest BCUT2D eigenvalue weighted by Crippen LogP contribution is -1.99. The van der Waals surface area contributed by atoms with Gasteiger partial charge in [-0.2, -0.15) is 0 Å². The Morgan fingerprint density at radius 3 is 0.962 bits per heavy atom. The molecule has 0 atom stereocenters. The van der Waals surface area contributed by atoms with Crippen LogP contribution in [0, 0.1) is 0 Å². The summed E-state index contributed by atoms with van der Waals surface area (Å²) in [6.45, 7) is 0. The molecule has 26 heavy (non-hydrogen) atoms. The van der Waals surface area contributed by atoms with Crippen LogP contribution in [0.4, 0.5) is 0 Å². The molecule has 0 radical (unpaired) electrons. The molecule has 0 heterocycles. The third-order valence-corrected chi connectivity index (χ3v) is 3.95. The molecule has 4 rings (SSSR count). The van der Waals surface area contributed by atoms with E-state index in [-0.39, 0.29) is 5.78 Å². The molecule has 0 unspecified atom stereocenters. The quantitative estimate of drug-likeness (QED) is 0.403. The zero-order valence-corrected chi connectivity index (χ0v) is 14.5. The third-order valence-electron chi connectivity index (χ3n) is 3.95. The molecule has 4 aromatic rings. The number of benzene rings is 4. The van der Waals surface area contributed by atoms with E-state index in [1.807, 2.05) is 72.8 Å². The van der Waals surface area contributed by atoms with Gasteiger partial charge in [-0.25, -0.2) is 0 Å². The Hall–Kier alpha value is -3.45. The van der Waals surface area contributed by atoms with Gasteiger partial charge >= 0.3 is 0 Å². The third kappa shape index (κ3) is 4.78. The molecule has 1 heteroatoms. The van der Waals surface area contributed by atoms with Gasteiger partial charge in [0.15, 0.2) is 5.78 Å². The van der Waals surface area contributed by atoms with E-state index in [0.29, 0.717) is 0 Å². The minimum absolute atomic E-state index is 0.0752. The molecule has 0 bridgehead atoms. The Morgan fingerprint density at radius 1 is 0.385 bits per heavy atom. The first-order valence-corrected chi connectivity index (χ1v) is 8.60. The fourth-order valence-corrected chi connectivity index (χ4v) is 2.61. The van der Waals surface area contributed by atoms with Crippen LogP contribution in [0.25, 0.3) is 11.1 Å². The molecule has 0 aliphatic carbocycles. The first-order valence-electron chi connectivity index (χ1n) is 8.60. The van der Waals surface area contributed by atoms with Gasteiger partial charge in [0, 0.05) is 11.1 Å². The van der Waals surface area contributed by atoms with Gasteiger partial charge in [-0.15, -0.1) is 0 Å². The zero-order valence-electron chi connectivity index (χ0n) is 14.5. The van der Waals surface area contributed by atoms with Gasteiger partial charge in [-0.05, 0) is 11.1 Å². The summed E-state index contributed by atoms with van der Waals surface area (Å²) in [6.07, 6.45) is 0. The number of carbonyl (C=O) groups is 1. The molecule has 0 aromatic heterocycles. The van der Waals surface area contributed by atoms with Crippen molar-refractivity contribution in [3.8, 4) is 11.1 Å². The van der Waals surface area contributed by atoms with Crippen molar-refractivity contribution >= 4 is 5.78 Å². The van der Waals surface area contributed by atoms with Gasteiger partial charge in [-0.3, -0.25) is 4.79 Å². The highest BCUT2D eigenvalue weighted by atomic mass is 16.1. The summed E-state index contributed by atoms with van der Waals surface area (Å²) in [5, 5.41) is 0. The minimum Gasteiger partial charge on any atom is -0.289 e. The van der Waals surface area contributed by atoms with Gasteiger partial charge in [0.25, 0.3) is 0 Å². The summed E-state index contributed by atoms with van der Waals surface area (Å²) in [4.78, 5) is 11.8. The normalized spacial score (nSPS) is 9.69. The van der Waals surface area contributed by atoms with Crippen molar-refractivity contribution in [3.63, 3.8) is 0 Å². The number of hydrogen-bond donors (Lipinski definition) is 0. The van der Waals surface area contributed by atoms with Crippen molar-refractivity contribution < 1.29 is 4.79 Å². The van der Waals surface area contributed by atoms with Gasteiger partial charge in [-0.1, -0.05) is 121 Å². The molecule has 126 valence electrons. The van der Waals surface area contributed by atoms with E-state index < -0.39 is 0 Å².